The zero-order valence-corrected chi connectivity index (χ0v) is 9.35. The molecule has 0 aromatic rings. The summed E-state index contributed by atoms with van der Waals surface area (Å²) in [5.74, 6) is 8.80. The summed E-state index contributed by atoms with van der Waals surface area (Å²) in [6, 6.07) is 0. The highest BCUT2D eigenvalue weighted by molar-refractivity contribution is 5.32. The molecule has 76 valence electrons. The summed E-state index contributed by atoms with van der Waals surface area (Å²) < 4.78 is 4.86. The predicted molar refractivity (Wildman–Crippen MR) is 59.5 cm³/mol. The Kier molecular flexibility index (Phi) is 7.42. The Morgan fingerprint density at radius 2 is 2.14 bits per heavy atom. The van der Waals surface area contributed by atoms with Gasteiger partial charge in [-0.05, 0) is 33.9 Å². The van der Waals surface area contributed by atoms with Crippen LogP contribution in [0.3, 0.4) is 0 Å². The molecule has 0 heterocycles. The Bertz CT molecular complexity index is 294. The largest absolute Gasteiger partial charge is 0.447 e. The lowest BCUT2D eigenvalue weighted by Crippen LogP contribution is -2.10. The molecule has 0 aliphatic heterocycles. The van der Waals surface area contributed by atoms with E-state index in [4.69, 9.17) is 4.74 Å². The summed E-state index contributed by atoms with van der Waals surface area (Å²) >= 11 is 0. The van der Waals surface area contributed by atoms with Gasteiger partial charge < -0.3 is 4.74 Å². The van der Waals surface area contributed by atoms with Crippen LogP contribution in [0.25, 0.3) is 0 Å². The molecule has 0 fully saturated rings. The summed E-state index contributed by atoms with van der Waals surface area (Å²) in [5.41, 5.74) is 0.957. The van der Waals surface area contributed by atoms with E-state index in [1.165, 1.54) is 0 Å². The third-order valence-corrected chi connectivity index (χ3v) is 1.24. The first-order chi connectivity index (χ1) is 6.66. The van der Waals surface area contributed by atoms with E-state index in [2.05, 4.69) is 23.9 Å². The highest BCUT2D eigenvalue weighted by atomic mass is 16.5. The van der Waals surface area contributed by atoms with Crippen LogP contribution in [0.1, 0.15) is 13.8 Å². The van der Waals surface area contributed by atoms with E-state index < -0.39 is 0 Å². The Balaban J connectivity index is 3.99. The Labute approximate surface area is 86.9 Å². The average molecular weight is 191 g/mol. The van der Waals surface area contributed by atoms with E-state index in [1.807, 2.05) is 32.8 Å². The molecule has 0 radical (unpaired) electrons. The second-order valence-corrected chi connectivity index (χ2v) is 3.05. The van der Waals surface area contributed by atoms with E-state index in [0.29, 0.717) is 6.61 Å². The SMILES string of the molecule is CCOC#C/C=C(/C)C#CCN(C)C. The van der Waals surface area contributed by atoms with Gasteiger partial charge in [0.05, 0.1) is 13.2 Å². The molecule has 2 heteroatoms. The van der Waals surface area contributed by atoms with Crippen LogP contribution in [0.4, 0.5) is 0 Å². The van der Waals surface area contributed by atoms with Crippen LogP contribution in [0.5, 0.6) is 0 Å². The van der Waals surface area contributed by atoms with E-state index in [0.717, 1.165) is 12.1 Å². The average Bonchev–Trinajstić information content (AvgIpc) is 2.12. The van der Waals surface area contributed by atoms with Gasteiger partial charge in [0.25, 0.3) is 0 Å². The topological polar surface area (TPSA) is 12.5 Å². The smallest absolute Gasteiger partial charge is 0.115 e. The molecule has 0 saturated carbocycles. The maximum atomic E-state index is 4.86. The Morgan fingerprint density at radius 3 is 2.71 bits per heavy atom. The third-order valence-electron chi connectivity index (χ3n) is 1.24. The normalized spacial score (nSPS) is 9.93. The van der Waals surface area contributed by atoms with E-state index in [-0.39, 0.29) is 0 Å². The summed E-state index contributed by atoms with van der Waals surface area (Å²) in [6.45, 7) is 5.22. The molecular weight excluding hydrogens is 174 g/mol. The molecule has 0 unspecified atom stereocenters. The maximum Gasteiger partial charge on any atom is 0.115 e. The number of ether oxygens (including phenoxy) is 1. The fraction of sp³-hybridized carbons (Fsp3) is 0.500. The Morgan fingerprint density at radius 1 is 1.43 bits per heavy atom. The molecule has 0 aliphatic rings. The second-order valence-electron chi connectivity index (χ2n) is 3.05. The van der Waals surface area contributed by atoms with Crippen LogP contribution in [0, 0.1) is 23.9 Å². The van der Waals surface area contributed by atoms with Crippen LogP contribution in [0.2, 0.25) is 0 Å². The summed E-state index contributed by atoms with van der Waals surface area (Å²) in [7, 11) is 3.98. The number of nitrogens with zero attached hydrogens (tertiary/aromatic N) is 1. The van der Waals surface area contributed by atoms with Gasteiger partial charge in [-0.1, -0.05) is 11.8 Å². The van der Waals surface area contributed by atoms with Crippen LogP contribution in [0.15, 0.2) is 11.6 Å². The van der Waals surface area contributed by atoms with Crippen LogP contribution >= 0.6 is 0 Å². The summed E-state index contributed by atoms with van der Waals surface area (Å²) in [5, 5.41) is 0. The van der Waals surface area contributed by atoms with E-state index in [1.54, 1.807) is 6.08 Å². The molecule has 0 spiro atoms. The van der Waals surface area contributed by atoms with Gasteiger partial charge in [0.1, 0.15) is 6.11 Å². The summed E-state index contributed by atoms with van der Waals surface area (Å²) in [4.78, 5) is 2.02. The van der Waals surface area contributed by atoms with Crippen molar-refractivity contribution in [2.24, 2.45) is 0 Å². The monoisotopic (exact) mass is 191 g/mol. The molecule has 0 atom stereocenters. The molecule has 0 bridgehead atoms. The first kappa shape index (κ1) is 12.6. The number of allylic oxidation sites excluding steroid dienone is 2. The lowest BCUT2D eigenvalue weighted by molar-refractivity contribution is 0.299. The molecule has 0 amide bonds. The summed E-state index contributed by atoms with van der Waals surface area (Å²) in [6.07, 6.45) is 4.32. The molecule has 0 N–H and O–H groups in total. The first-order valence-corrected chi connectivity index (χ1v) is 4.59. The van der Waals surface area contributed by atoms with Gasteiger partial charge >= 0.3 is 0 Å². The lowest BCUT2D eigenvalue weighted by Gasteiger charge is -2.00. The van der Waals surface area contributed by atoms with Crippen LogP contribution in [-0.4, -0.2) is 32.1 Å². The third kappa shape index (κ3) is 8.71. The quantitative estimate of drug-likeness (QED) is 0.613. The van der Waals surface area contributed by atoms with Gasteiger partial charge in [0.15, 0.2) is 0 Å². The van der Waals surface area contributed by atoms with Gasteiger partial charge in [-0.15, -0.1) is 0 Å². The number of hydrogen-bond donors (Lipinski definition) is 0. The lowest BCUT2D eigenvalue weighted by atomic mass is 10.3. The van der Waals surface area contributed by atoms with Gasteiger partial charge in [-0.3, -0.25) is 4.90 Å². The van der Waals surface area contributed by atoms with Crippen molar-refractivity contribution < 1.29 is 4.74 Å². The minimum Gasteiger partial charge on any atom is -0.447 e. The highest BCUT2D eigenvalue weighted by Crippen LogP contribution is 1.87. The van der Waals surface area contributed by atoms with Crippen LogP contribution < -0.4 is 0 Å². The molecule has 0 aromatic carbocycles. The van der Waals surface area contributed by atoms with E-state index >= 15 is 0 Å². The van der Waals surface area contributed by atoms with Gasteiger partial charge in [0.2, 0.25) is 0 Å². The highest BCUT2D eigenvalue weighted by Gasteiger charge is 1.81. The minimum absolute atomic E-state index is 0.617. The first-order valence-electron chi connectivity index (χ1n) is 4.59. The van der Waals surface area contributed by atoms with Crippen molar-refractivity contribution in [2.45, 2.75) is 13.8 Å². The van der Waals surface area contributed by atoms with Gasteiger partial charge in [-0.2, -0.15) is 0 Å². The Hall–Kier alpha value is -1.38. The molecule has 14 heavy (non-hydrogen) atoms. The van der Waals surface area contributed by atoms with Crippen molar-refractivity contribution in [1.82, 2.24) is 4.90 Å². The van der Waals surface area contributed by atoms with Crippen molar-refractivity contribution in [3.05, 3.63) is 11.6 Å². The molecule has 0 aromatic heterocycles. The zero-order chi connectivity index (χ0) is 10.8. The number of rotatable bonds is 2. The molecule has 0 saturated heterocycles. The van der Waals surface area contributed by atoms with Crippen molar-refractivity contribution in [1.29, 1.82) is 0 Å². The predicted octanol–water partition coefficient (Wildman–Crippen LogP) is 1.50. The molecule has 0 rings (SSSR count). The van der Waals surface area contributed by atoms with Crippen molar-refractivity contribution >= 4 is 0 Å². The number of hydrogen-bond acceptors (Lipinski definition) is 2. The van der Waals surface area contributed by atoms with Crippen molar-refractivity contribution in [3.63, 3.8) is 0 Å². The molecule has 0 aliphatic carbocycles. The minimum atomic E-state index is 0.617. The maximum absolute atomic E-state index is 4.86. The van der Waals surface area contributed by atoms with Crippen molar-refractivity contribution in [2.75, 3.05) is 27.2 Å². The van der Waals surface area contributed by atoms with Crippen molar-refractivity contribution in [3.8, 4) is 23.9 Å². The molecule has 2 nitrogen and oxygen atoms in total. The standard InChI is InChI=1S/C12H17NO/c1-5-14-11-7-9-12(2)8-6-10-13(3)4/h9H,5,10H2,1-4H3/b12-9-. The second kappa shape index (κ2) is 8.23. The fourth-order valence-electron chi connectivity index (χ4n) is 0.625. The van der Waals surface area contributed by atoms with Gasteiger partial charge in [0, 0.05) is 11.6 Å². The van der Waals surface area contributed by atoms with E-state index in [9.17, 15) is 0 Å². The zero-order valence-electron chi connectivity index (χ0n) is 9.35. The van der Waals surface area contributed by atoms with Crippen LogP contribution in [-0.2, 0) is 4.74 Å². The fourth-order valence-corrected chi connectivity index (χ4v) is 0.625. The van der Waals surface area contributed by atoms with Gasteiger partial charge in [-0.25, -0.2) is 0 Å². The molecular formula is C12H17NO.